The maximum atomic E-state index is 4.67. The van der Waals surface area contributed by atoms with E-state index in [2.05, 4.69) is 55.3 Å². The van der Waals surface area contributed by atoms with Crippen molar-refractivity contribution in [2.45, 2.75) is 37.5 Å². The van der Waals surface area contributed by atoms with Crippen molar-refractivity contribution in [1.29, 1.82) is 0 Å². The molecule has 1 N–H and O–H groups in total. The molecule has 1 heterocycles. The fourth-order valence-electron chi connectivity index (χ4n) is 1.91. The van der Waals surface area contributed by atoms with Crippen molar-refractivity contribution in [1.82, 2.24) is 10.3 Å². The molecule has 2 aromatic rings. The van der Waals surface area contributed by atoms with Crippen molar-refractivity contribution in [3.05, 3.63) is 45.4 Å². The molecule has 1 aromatic heterocycles. The lowest BCUT2D eigenvalue weighted by molar-refractivity contribution is 0.658. The monoisotopic (exact) mass is 292 g/mol. The van der Waals surface area contributed by atoms with Gasteiger partial charge in [-0.2, -0.15) is 0 Å². The zero-order chi connectivity index (χ0) is 13.8. The van der Waals surface area contributed by atoms with Gasteiger partial charge in [0.05, 0.1) is 11.4 Å². The van der Waals surface area contributed by atoms with Crippen LogP contribution in [0.5, 0.6) is 0 Å². The molecule has 0 saturated carbocycles. The Hall–Kier alpha value is -0.840. The molecule has 0 saturated heterocycles. The predicted molar refractivity (Wildman–Crippen MR) is 85.1 cm³/mol. The number of hydrogen-bond acceptors (Lipinski definition) is 4. The smallest absolute Gasteiger partial charge is 0.103 e. The maximum absolute atomic E-state index is 4.67. The molecule has 0 aliphatic rings. The molecule has 0 aliphatic carbocycles. The average molecular weight is 292 g/mol. The number of benzene rings is 1. The molecule has 0 aliphatic heterocycles. The van der Waals surface area contributed by atoms with Crippen LogP contribution in [0.2, 0.25) is 0 Å². The zero-order valence-electron chi connectivity index (χ0n) is 11.9. The standard InChI is InChI=1S/C15H20N2S2/c1-10-6-5-7-13(8-10)18-9-14-17-12(3)15(19-14)11(2)16-4/h5-8,11,16H,9H2,1-4H3. The first-order valence-corrected chi connectivity index (χ1v) is 8.23. The minimum Gasteiger partial charge on any atom is -0.312 e. The summed E-state index contributed by atoms with van der Waals surface area (Å²) < 4.78 is 0. The number of nitrogens with zero attached hydrogens (tertiary/aromatic N) is 1. The summed E-state index contributed by atoms with van der Waals surface area (Å²) >= 11 is 3.68. The van der Waals surface area contributed by atoms with Crippen LogP contribution >= 0.6 is 23.1 Å². The second-order valence-electron chi connectivity index (χ2n) is 4.67. The van der Waals surface area contributed by atoms with Crippen LogP contribution in [0.3, 0.4) is 0 Å². The van der Waals surface area contributed by atoms with Crippen molar-refractivity contribution in [3.8, 4) is 0 Å². The van der Waals surface area contributed by atoms with Crippen LogP contribution in [0.1, 0.15) is 34.1 Å². The van der Waals surface area contributed by atoms with E-state index in [1.165, 1.54) is 20.3 Å². The lowest BCUT2D eigenvalue weighted by atomic mass is 10.2. The Morgan fingerprint density at radius 1 is 1.37 bits per heavy atom. The van der Waals surface area contributed by atoms with Crippen LogP contribution in [0.25, 0.3) is 0 Å². The number of rotatable bonds is 5. The summed E-state index contributed by atoms with van der Waals surface area (Å²) in [6.45, 7) is 6.41. The van der Waals surface area contributed by atoms with Gasteiger partial charge in [0.1, 0.15) is 5.01 Å². The first-order chi connectivity index (χ1) is 9.10. The number of thioether (sulfide) groups is 1. The number of hydrogen-bond donors (Lipinski definition) is 1. The molecule has 0 radical (unpaired) electrons. The fourth-order valence-corrected chi connectivity index (χ4v) is 4.05. The van der Waals surface area contributed by atoms with E-state index in [0.29, 0.717) is 6.04 Å². The van der Waals surface area contributed by atoms with Gasteiger partial charge in [0.2, 0.25) is 0 Å². The van der Waals surface area contributed by atoms with E-state index in [4.69, 9.17) is 0 Å². The van der Waals surface area contributed by atoms with Crippen LogP contribution < -0.4 is 5.32 Å². The second kappa shape index (κ2) is 6.55. The Kier molecular flexibility index (Phi) is 5.02. The van der Waals surface area contributed by atoms with Crippen molar-refractivity contribution >= 4 is 23.1 Å². The number of nitrogens with one attached hydrogen (secondary N) is 1. The summed E-state index contributed by atoms with van der Waals surface area (Å²) in [7, 11) is 1.99. The van der Waals surface area contributed by atoms with Gasteiger partial charge in [-0.1, -0.05) is 17.7 Å². The molecule has 4 heteroatoms. The highest BCUT2D eigenvalue weighted by molar-refractivity contribution is 7.98. The molecule has 0 fully saturated rings. The highest BCUT2D eigenvalue weighted by atomic mass is 32.2. The molecule has 2 nitrogen and oxygen atoms in total. The van der Waals surface area contributed by atoms with E-state index < -0.39 is 0 Å². The van der Waals surface area contributed by atoms with Gasteiger partial charge in [0.15, 0.2) is 0 Å². The molecule has 19 heavy (non-hydrogen) atoms. The first kappa shape index (κ1) is 14.6. The van der Waals surface area contributed by atoms with Crippen LogP contribution in [0.4, 0.5) is 0 Å². The van der Waals surface area contributed by atoms with E-state index in [1.807, 2.05) is 30.1 Å². The minimum absolute atomic E-state index is 0.384. The van der Waals surface area contributed by atoms with Crippen LogP contribution in [-0.4, -0.2) is 12.0 Å². The molecular formula is C15H20N2S2. The van der Waals surface area contributed by atoms with Gasteiger partial charge in [0, 0.05) is 15.8 Å². The molecule has 0 spiro atoms. The number of thiazole rings is 1. The number of aromatic nitrogens is 1. The zero-order valence-corrected chi connectivity index (χ0v) is 13.5. The van der Waals surface area contributed by atoms with Crippen LogP contribution in [0, 0.1) is 13.8 Å². The molecule has 1 atom stereocenters. The fraction of sp³-hybridized carbons (Fsp3) is 0.400. The third-order valence-corrected chi connectivity index (χ3v) is 5.58. The minimum atomic E-state index is 0.384. The highest BCUT2D eigenvalue weighted by Gasteiger charge is 2.12. The quantitative estimate of drug-likeness (QED) is 0.830. The van der Waals surface area contributed by atoms with Gasteiger partial charge < -0.3 is 5.32 Å². The third kappa shape index (κ3) is 3.81. The molecule has 0 amide bonds. The van der Waals surface area contributed by atoms with Gasteiger partial charge in [0.25, 0.3) is 0 Å². The predicted octanol–water partition coefficient (Wildman–Crippen LogP) is 4.33. The topological polar surface area (TPSA) is 24.9 Å². The summed E-state index contributed by atoms with van der Waals surface area (Å²) in [5.74, 6) is 0.950. The van der Waals surface area contributed by atoms with E-state index in [0.717, 1.165) is 11.4 Å². The van der Waals surface area contributed by atoms with Gasteiger partial charge in [-0.3, -0.25) is 0 Å². The number of aryl methyl sites for hydroxylation is 2. The van der Waals surface area contributed by atoms with E-state index in [9.17, 15) is 0 Å². The van der Waals surface area contributed by atoms with Gasteiger partial charge >= 0.3 is 0 Å². The summed E-state index contributed by atoms with van der Waals surface area (Å²) in [6, 6.07) is 9.01. The largest absolute Gasteiger partial charge is 0.312 e. The normalized spacial score (nSPS) is 12.6. The molecule has 0 bridgehead atoms. The van der Waals surface area contributed by atoms with Gasteiger partial charge in [-0.15, -0.1) is 23.1 Å². The summed E-state index contributed by atoms with van der Waals surface area (Å²) in [6.07, 6.45) is 0. The van der Waals surface area contributed by atoms with Crippen molar-refractivity contribution in [3.63, 3.8) is 0 Å². The molecular weight excluding hydrogens is 272 g/mol. The van der Waals surface area contributed by atoms with Crippen molar-refractivity contribution in [2.75, 3.05) is 7.05 Å². The van der Waals surface area contributed by atoms with E-state index >= 15 is 0 Å². The Morgan fingerprint density at radius 2 is 2.16 bits per heavy atom. The highest BCUT2D eigenvalue weighted by Crippen LogP contribution is 2.30. The lowest BCUT2D eigenvalue weighted by Gasteiger charge is -2.06. The van der Waals surface area contributed by atoms with E-state index in [-0.39, 0.29) is 0 Å². The third-order valence-electron chi connectivity index (χ3n) is 3.05. The van der Waals surface area contributed by atoms with Gasteiger partial charge in [-0.05, 0) is 40.0 Å². The summed E-state index contributed by atoms with van der Waals surface area (Å²) in [5, 5.41) is 4.49. The average Bonchev–Trinajstić information content (AvgIpc) is 2.77. The Balaban J connectivity index is 2.04. The van der Waals surface area contributed by atoms with Gasteiger partial charge in [-0.25, -0.2) is 4.98 Å². The van der Waals surface area contributed by atoms with E-state index in [1.54, 1.807) is 0 Å². The molecule has 102 valence electrons. The first-order valence-electron chi connectivity index (χ1n) is 6.43. The second-order valence-corrected chi connectivity index (χ2v) is 6.84. The molecule has 2 rings (SSSR count). The summed E-state index contributed by atoms with van der Waals surface area (Å²) in [5.41, 5.74) is 2.47. The SMILES string of the molecule is CNC(C)c1sc(CSc2cccc(C)c2)nc1C. The lowest BCUT2D eigenvalue weighted by Crippen LogP contribution is -2.11. The molecule has 1 aromatic carbocycles. The Labute approximate surface area is 123 Å². The maximum Gasteiger partial charge on any atom is 0.103 e. The Morgan fingerprint density at radius 3 is 2.84 bits per heavy atom. The van der Waals surface area contributed by atoms with Crippen LogP contribution in [-0.2, 0) is 5.75 Å². The molecule has 1 unspecified atom stereocenters. The Bertz CT molecular complexity index is 549. The summed E-state index contributed by atoms with van der Waals surface area (Å²) in [4.78, 5) is 7.34. The van der Waals surface area contributed by atoms with Crippen molar-refractivity contribution in [2.24, 2.45) is 0 Å². The van der Waals surface area contributed by atoms with Crippen molar-refractivity contribution < 1.29 is 0 Å². The van der Waals surface area contributed by atoms with Crippen LogP contribution in [0.15, 0.2) is 29.2 Å².